The van der Waals surface area contributed by atoms with E-state index < -0.39 is 8.07 Å². The van der Waals surface area contributed by atoms with Crippen LogP contribution in [0.4, 0.5) is 0 Å². The fraction of sp³-hybridized carbons (Fsp3) is 0.600. The van der Waals surface area contributed by atoms with Gasteiger partial charge in [0, 0.05) is 0 Å². The maximum atomic E-state index is 3.80. The zero-order valence-electron chi connectivity index (χ0n) is 5.09. The molecule has 0 aromatic carbocycles. The lowest BCUT2D eigenvalue weighted by Crippen LogP contribution is -2.19. The Morgan fingerprint density at radius 3 is 1.57 bits per heavy atom. The van der Waals surface area contributed by atoms with E-state index in [1.54, 1.807) is 0 Å². The van der Waals surface area contributed by atoms with Gasteiger partial charge < -0.3 is 0 Å². The highest BCUT2D eigenvalue weighted by Gasteiger charge is 2.13. The molecule has 0 atom stereocenters. The molecule has 0 rings (SSSR count). The fourth-order valence-electron chi connectivity index (χ4n) is 0. The zero-order valence-corrected chi connectivity index (χ0v) is 7.67. The molecule has 0 aromatic rings. The number of hydrogen-bond donors (Lipinski definition) is 0. The summed E-state index contributed by atoms with van der Waals surface area (Å²) in [5.74, 6) is 0. The van der Waals surface area contributed by atoms with Crippen LogP contribution in [0.25, 0.3) is 0 Å². The molecule has 0 aliphatic heterocycles. The van der Waals surface area contributed by atoms with Crippen LogP contribution in [-0.2, 0) is 0 Å². The summed E-state index contributed by atoms with van der Waals surface area (Å²) >= 11 is 3.36. The molecule has 0 heterocycles. The van der Waals surface area contributed by atoms with E-state index in [9.17, 15) is 0 Å². The third-order valence-electron chi connectivity index (χ3n) is 0.814. The van der Waals surface area contributed by atoms with Crippen molar-refractivity contribution in [3.05, 3.63) is 10.7 Å². The molecule has 0 fully saturated rings. The topological polar surface area (TPSA) is 0 Å². The molecule has 7 heavy (non-hydrogen) atoms. The van der Waals surface area contributed by atoms with Gasteiger partial charge in [-0.3, -0.25) is 0 Å². The Balaban J connectivity index is 3.79. The van der Waals surface area contributed by atoms with E-state index in [0.717, 1.165) is 0 Å². The maximum Gasteiger partial charge on any atom is 0.0857 e. The van der Waals surface area contributed by atoms with Crippen molar-refractivity contribution in [2.45, 2.75) is 19.6 Å². The van der Waals surface area contributed by atoms with Crippen molar-refractivity contribution in [2.24, 2.45) is 0 Å². The van der Waals surface area contributed by atoms with E-state index in [-0.39, 0.29) is 0 Å². The molecule has 0 unspecified atom stereocenters. The van der Waals surface area contributed by atoms with Gasteiger partial charge in [0.1, 0.15) is 0 Å². The van der Waals surface area contributed by atoms with E-state index in [2.05, 4.69) is 42.1 Å². The molecular weight excluding hydrogens is 168 g/mol. The van der Waals surface area contributed by atoms with Gasteiger partial charge in [-0.1, -0.05) is 42.1 Å². The van der Waals surface area contributed by atoms with E-state index in [4.69, 9.17) is 0 Å². The van der Waals surface area contributed by atoms with Crippen LogP contribution in [-0.4, -0.2) is 8.07 Å². The lowest BCUT2D eigenvalue weighted by atomic mass is 11.3. The Hall–Kier alpha value is 0.437. The molecule has 0 aliphatic rings. The van der Waals surface area contributed by atoms with Crippen molar-refractivity contribution < 1.29 is 0 Å². The summed E-state index contributed by atoms with van der Waals surface area (Å²) in [6, 6.07) is 0. The monoisotopic (exact) mass is 178 g/mol. The smallest absolute Gasteiger partial charge is 0.0857 e. The molecule has 0 N–H and O–H groups in total. The van der Waals surface area contributed by atoms with Crippen LogP contribution >= 0.6 is 15.9 Å². The summed E-state index contributed by atoms with van der Waals surface area (Å²) in [6.45, 7) is 10.6. The van der Waals surface area contributed by atoms with Gasteiger partial charge in [0.15, 0.2) is 0 Å². The zero-order chi connectivity index (χ0) is 6.08. The van der Waals surface area contributed by atoms with Gasteiger partial charge in [-0.05, 0) is 4.11 Å². The molecule has 0 nitrogen and oxygen atoms in total. The number of halogens is 1. The molecule has 0 amide bonds. The van der Waals surface area contributed by atoms with Crippen molar-refractivity contribution in [3.63, 3.8) is 0 Å². The minimum absolute atomic E-state index is 1.01. The maximum absolute atomic E-state index is 3.80. The Morgan fingerprint density at radius 2 is 1.57 bits per heavy atom. The van der Waals surface area contributed by atoms with Crippen LogP contribution in [0.1, 0.15) is 0 Å². The van der Waals surface area contributed by atoms with Gasteiger partial charge in [-0.25, -0.2) is 0 Å². The highest BCUT2D eigenvalue weighted by molar-refractivity contribution is 9.12. The van der Waals surface area contributed by atoms with Crippen molar-refractivity contribution in [2.75, 3.05) is 0 Å². The molecule has 0 radical (unpaired) electrons. The highest BCUT2D eigenvalue weighted by Crippen LogP contribution is 2.17. The van der Waals surface area contributed by atoms with Gasteiger partial charge in [-0.15, -0.1) is 0 Å². The first-order valence-electron chi connectivity index (χ1n) is 2.29. The van der Waals surface area contributed by atoms with Gasteiger partial charge in [0.05, 0.1) is 8.07 Å². The average Bonchev–Trinajstić information content (AvgIpc) is 1.31. The summed E-state index contributed by atoms with van der Waals surface area (Å²) in [7, 11) is -1.01. The minimum atomic E-state index is -1.01. The quantitative estimate of drug-likeness (QED) is 0.543. The van der Waals surface area contributed by atoms with Gasteiger partial charge in [-0.2, -0.15) is 0 Å². The summed E-state index contributed by atoms with van der Waals surface area (Å²) in [5, 5.41) is 0. The largest absolute Gasteiger partial charge is 0.0930 e. The SMILES string of the molecule is C=C(Br)[Si](C)(C)C. The Bertz CT molecular complexity index is 80.6. The first-order chi connectivity index (χ1) is 2.94. The predicted octanol–water partition coefficient (Wildman–Crippen LogP) is 2.77. The molecule has 0 spiro atoms. The van der Waals surface area contributed by atoms with Crippen molar-refractivity contribution >= 4 is 24.0 Å². The second-order valence-electron chi connectivity index (χ2n) is 2.65. The normalized spacial score (nSPS) is 11.4. The van der Waals surface area contributed by atoms with Gasteiger partial charge in [0.2, 0.25) is 0 Å². The summed E-state index contributed by atoms with van der Waals surface area (Å²) in [6.07, 6.45) is 0. The highest BCUT2D eigenvalue weighted by atomic mass is 79.9. The van der Waals surface area contributed by atoms with E-state index in [0.29, 0.717) is 0 Å². The van der Waals surface area contributed by atoms with Crippen LogP contribution < -0.4 is 0 Å². The van der Waals surface area contributed by atoms with E-state index in [1.807, 2.05) is 0 Å². The van der Waals surface area contributed by atoms with Crippen LogP contribution in [0.15, 0.2) is 10.7 Å². The molecular formula is C5H11BrSi. The number of rotatable bonds is 1. The Labute approximate surface area is 54.8 Å². The van der Waals surface area contributed by atoms with Crippen LogP contribution in [0.2, 0.25) is 19.6 Å². The molecule has 0 bridgehead atoms. The Kier molecular flexibility index (Phi) is 2.27. The first kappa shape index (κ1) is 7.44. The summed E-state index contributed by atoms with van der Waals surface area (Å²) in [5.41, 5.74) is 0. The number of hydrogen-bond acceptors (Lipinski definition) is 0. The molecule has 42 valence electrons. The minimum Gasteiger partial charge on any atom is -0.0930 e. The van der Waals surface area contributed by atoms with Gasteiger partial charge in [0.25, 0.3) is 0 Å². The molecule has 0 saturated carbocycles. The fourth-order valence-corrected chi connectivity index (χ4v) is 0. The van der Waals surface area contributed by atoms with Crippen LogP contribution in [0.5, 0.6) is 0 Å². The molecule has 0 saturated heterocycles. The third-order valence-corrected chi connectivity index (χ3v) is 6.01. The molecule has 0 aliphatic carbocycles. The van der Waals surface area contributed by atoms with Crippen molar-refractivity contribution in [3.8, 4) is 0 Å². The molecule has 2 heteroatoms. The van der Waals surface area contributed by atoms with Crippen molar-refractivity contribution in [1.29, 1.82) is 0 Å². The lowest BCUT2D eigenvalue weighted by Gasteiger charge is -2.11. The van der Waals surface area contributed by atoms with Crippen LogP contribution in [0, 0.1) is 0 Å². The second kappa shape index (κ2) is 2.14. The summed E-state index contributed by atoms with van der Waals surface area (Å²) < 4.78 is 1.19. The molecule has 0 aromatic heterocycles. The third kappa shape index (κ3) is 3.06. The average molecular weight is 179 g/mol. The van der Waals surface area contributed by atoms with Crippen LogP contribution in [0.3, 0.4) is 0 Å². The standard InChI is InChI=1S/C5H11BrSi/c1-5(6)7(2,3)4/h1H2,2-4H3. The first-order valence-corrected chi connectivity index (χ1v) is 6.59. The van der Waals surface area contributed by atoms with Gasteiger partial charge >= 0.3 is 0 Å². The summed E-state index contributed by atoms with van der Waals surface area (Å²) in [4.78, 5) is 0. The Morgan fingerprint density at radius 1 is 1.43 bits per heavy atom. The predicted molar refractivity (Wildman–Crippen MR) is 41.4 cm³/mol. The van der Waals surface area contributed by atoms with Crippen molar-refractivity contribution in [1.82, 2.24) is 0 Å². The van der Waals surface area contributed by atoms with E-state index >= 15 is 0 Å². The van der Waals surface area contributed by atoms with E-state index in [1.165, 1.54) is 4.11 Å². The lowest BCUT2D eigenvalue weighted by molar-refractivity contribution is 1.77. The second-order valence-corrected chi connectivity index (χ2v) is 9.45.